The molecule has 0 radical (unpaired) electrons. The van der Waals surface area contributed by atoms with Crippen molar-refractivity contribution in [2.45, 2.75) is 43.3 Å². The summed E-state index contributed by atoms with van der Waals surface area (Å²) in [5.74, 6) is 0.708. The number of nitrogens with zero attached hydrogens (tertiary/aromatic N) is 2. The van der Waals surface area contributed by atoms with Crippen LogP contribution in [0.2, 0.25) is 0 Å². The quantitative estimate of drug-likeness (QED) is 0.689. The summed E-state index contributed by atoms with van der Waals surface area (Å²) in [5, 5.41) is 6.23. The van der Waals surface area contributed by atoms with E-state index in [1.165, 1.54) is 12.8 Å². The van der Waals surface area contributed by atoms with E-state index in [0.29, 0.717) is 31.2 Å². The molecular formula is C13H22N4O2. The number of methoxy groups -OCH3 is 1. The number of hydrogen-bond acceptors (Lipinski definition) is 4. The fraction of sp³-hybridized carbons (Fsp3) is 0.846. The van der Waals surface area contributed by atoms with E-state index in [-0.39, 0.29) is 5.91 Å². The van der Waals surface area contributed by atoms with E-state index >= 15 is 0 Å². The molecule has 0 aromatic rings. The van der Waals surface area contributed by atoms with E-state index in [4.69, 9.17) is 4.74 Å². The SMILES string of the molecule is COCCN=C1NC(=O)C2(CC3CCC(C2)N3C)N1. The molecule has 3 aliphatic heterocycles. The fourth-order valence-electron chi connectivity index (χ4n) is 3.63. The monoisotopic (exact) mass is 266 g/mol. The number of fused-ring (bicyclic) bond motifs is 2. The Bertz CT molecular complexity index is 395. The largest absolute Gasteiger partial charge is 0.383 e. The van der Waals surface area contributed by atoms with E-state index < -0.39 is 5.54 Å². The van der Waals surface area contributed by atoms with Gasteiger partial charge in [-0.05, 0) is 32.7 Å². The lowest BCUT2D eigenvalue weighted by molar-refractivity contribution is -0.126. The van der Waals surface area contributed by atoms with Crippen molar-refractivity contribution in [1.29, 1.82) is 0 Å². The number of carbonyl (C=O) groups excluding carboxylic acids is 1. The highest BCUT2D eigenvalue weighted by atomic mass is 16.5. The molecule has 1 amide bonds. The topological polar surface area (TPSA) is 66.0 Å². The van der Waals surface area contributed by atoms with Gasteiger partial charge in [0.1, 0.15) is 5.54 Å². The smallest absolute Gasteiger partial charge is 0.252 e. The molecule has 2 bridgehead atoms. The predicted molar refractivity (Wildman–Crippen MR) is 72.0 cm³/mol. The molecule has 106 valence electrons. The maximum atomic E-state index is 12.3. The zero-order chi connectivity index (χ0) is 13.5. The summed E-state index contributed by atoms with van der Waals surface area (Å²) in [6.07, 6.45) is 4.17. The van der Waals surface area contributed by atoms with E-state index in [9.17, 15) is 4.79 Å². The number of hydrogen-bond donors (Lipinski definition) is 2. The van der Waals surface area contributed by atoms with Crippen LogP contribution in [0.5, 0.6) is 0 Å². The van der Waals surface area contributed by atoms with Crippen molar-refractivity contribution < 1.29 is 9.53 Å². The van der Waals surface area contributed by atoms with Crippen LogP contribution in [-0.2, 0) is 9.53 Å². The third-order valence-corrected chi connectivity index (χ3v) is 4.74. The van der Waals surface area contributed by atoms with Gasteiger partial charge < -0.3 is 15.0 Å². The molecule has 0 aromatic heterocycles. The first kappa shape index (κ1) is 12.9. The molecule has 1 spiro atoms. The molecule has 2 unspecified atom stereocenters. The Morgan fingerprint density at radius 1 is 1.42 bits per heavy atom. The Morgan fingerprint density at radius 3 is 2.74 bits per heavy atom. The van der Waals surface area contributed by atoms with Crippen molar-refractivity contribution in [1.82, 2.24) is 15.5 Å². The number of ether oxygens (including phenoxy) is 1. The van der Waals surface area contributed by atoms with Crippen molar-refractivity contribution in [2.24, 2.45) is 4.99 Å². The van der Waals surface area contributed by atoms with Crippen LogP contribution in [0.15, 0.2) is 4.99 Å². The van der Waals surface area contributed by atoms with Crippen LogP contribution in [0.3, 0.4) is 0 Å². The number of rotatable bonds is 3. The molecule has 2 N–H and O–H groups in total. The van der Waals surface area contributed by atoms with E-state index in [2.05, 4.69) is 27.6 Å². The minimum absolute atomic E-state index is 0.0914. The van der Waals surface area contributed by atoms with Crippen molar-refractivity contribution in [3.05, 3.63) is 0 Å². The van der Waals surface area contributed by atoms with Gasteiger partial charge in [-0.15, -0.1) is 0 Å². The normalized spacial score (nSPS) is 39.9. The predicted octanol–water partition coefficient (Wildman–Crippen LogP) is -0.296. The second-order valence-electron chi connectivity index (χ2n) is 5.84. The first-order chi connectivity index (χ1) is 9.14. The highest BCUT2D eigenvalue weighted by Crippen LogP contribution is 2.40. The van der Waals surface area contributed by atoms with Crippen LogP contribution in [0, 0.1) is 0 Å². The Balaban J connectivity index is 1.72. The van der Waals surface area contributed by atoms with Gasteiger partial charge in [-0.1, -0.05) is 0 Å². The Labute approximate surface area is 113 Å². The number of carbonyl (C=O) groups is 1. The van der Waals surface area contributed by atoms with Gasteiger partial charge in [0.15, 0.2) is 5.96 Å². The van der Waals surface area contributed by atoms with Crippen LogP contribution >= 0.6 is 0 Å². The molecule has 3 aliphatic rings. The highest BCUT2D eigenvalue weighted by Gasteiger charge is 2.54. The molecule has 6 nitrogen and oxygen atoms in total. The standard InChI is InChI=1S/C13H22N4O2/c1-17-9-3-4-10(17)8-13(7-9)11(18)15-12(16-13)14-5-6-19-2/h9-10H,3-8H2,1-2H3,(H2,14,15,16,18). The number of nitrogens with one attached hydrogen (secondary N) is 2. The molecule has 3 rings (SSSR count). The van der Waals surface area contributed by atoms with Gasteiger partial charge in [-0.25, -0.2) is 0 Å². The zero-order valence-corrected chi connectivity index (χ0v) is 11.6. The molecule has 0 saturated carbocycles. The van der Waals surface area contributed by atoms with Gasteiger partial charge >= 0.3 is 0 Å². The molecule has 0 aliphatic carbocycles. The van der Waals surface area contributed by atoms with Crippen LogP contribution in [-0.4, -0.2) is 61.7 Å². The summed E-state index contributed by atoms with van der Waals surface area (Å²) in [7, 11) is 3.83. The Hall–Kier alpha value is -1.14. The van der Waals surface area contributed by atoms with Crippen molar-refractivity contribution in [3.8, 4) is 0 Å². The van der Waals surface area contributed by atoms with Gasteiger partial charge in [0, 0.05) is 19.2 Å². The first-order valence-corrected chi connectivity index (χ1v) is 6.99. The van der Waals surface area contributed by atoms with Crippen molar-refractivity contribution in [2.75, 3.05) is 27.3 Å². The summed E-state index contributed by atoms with van der Waals surface area (Å²) >= 11 is 0. The molecule has 0 aromatic carbocycles. The minimum atomic E-state index is -0.426. The molecule has 3 saturated heterocycles. The first-order valence-electron chi connectivity index (χ1n) is 6.99. The van der Waals surface area contributed by atoms with Crippen molar-refractivity contribution in [3.63, 3.8) is 0 Å². The lowest BCUT2D eigenvalue weighted by Gasteiger charge is -2.41. The maximum absolute atomic E-state index is 12.3. The second kappa shape index (κ2) is 4.76. The van der Waals surface area contributed by atoms with E-state index in [1.807, 2.05) is 0 Å². The van der Waals surface area contributed by atoms with Crippen molar-refractivity contribution >= 4 is 11.9 Å². The number of aliphatic imine (C=N–C) groups is 1. The number of piperidine rings is 1. The summed E-state index contributed by atoms with van der Waals surface area (Å²) < 4.78 is 4.97. The average molecular weight is 266 g/mol. The second-order valence-corrected chi connectivity index (χ2v) is 5.84. The Kier molecular flexibility index (Phi) is 3.22. The summed E-state index contributed by atoms with van der Waals surface area (Å²) in [6.45, 7) is 1.14. The van der Waals surface area contributed by atoms with Crippen LogP contribution in [0.4, 0.5) is 0 Å². The minimum Gasteiger partial charge on any atom is -0.383 e. The van der Waals surface area contributed by atoms with Crippen LogP contribution in [0.25, 0.3) is 0 Å². The van der Waals surface area contributed by atoms with Gasteiger partial charge in [-0.3, -0.25) is 15.1 Å². The maximum Gasteiger partial charge on any atom is 0.252 e. The molecule has 6 heteroatoms. The van der Waals surface area contributed by atoms with E-state index in [0.717, 1.165) is 12.8 Å². The summed E-state index contributed by atoms with van der Waals surface area (Å²) in [6, 6.07) is 1.05. The third-order valence-electron chi connectivity index (χ3n) is 4.74. The van der Waals surface area contributed by atoms with Crippen LogP contribution < -0.4 is 10.6 Å². The lowest BCUT2D eigenvalue weighted by Crippen LogP contribution is -2.58. The van der Waals surface area contributed by atoms with Gasteiger partial charge in [-0.2, -0.15) is 0 Å². The summed E-state index contributed by atoms with van der Waals surface area (Å²) in [5.41, 5.74) is -0.426. The zero-order valence-electron chi connectivity index (χ0n) is 11.6. The lowest BCUT2D eigenvalue weighted by atomic mass is 9.83. The average Bonchev–Trinajstić information content (AvgIpc) is 2.77. The molecule has 3 fully saturated rings. The molecule has 19 heavy (non-hydrogen) atoms. The van der Waals surface area contributed by atoms with Crippen LogP contribution in [0.1, 0.15) is 25.7 Å². The highest BCUT2D eigenvalue weighted by molar-refractivity contribution is 6.09. The van der Waals surface area contributed by atoms with Gasteiger partial charge in [0.25, 0.3) is 5.91 Å². The number of amides is 1. The summed E-state index contributed by atoms with van der Waals surface area (Å²) in [4.78, 5) is 19.1. The fourth-order valence-corrected chi connectivity index (χ4v) is 3.63. The molecular weight excluding hydrogens is 244 g/mol. The van der Waals surface area contributed by atoms with Gasteiger partial charge in [0.2, 0.25) is 0 Å². The van der Waals surface area contributed by atoms with Gasteiger partial charge in [0.05, 0.1) is 13.2 Å². The Morgan fingerprint density at radius 2 is 2.11 bits per heavy atom. The number of guanidine groups is 1. The molecule has 2 atom stereocenters. The third kappa shape index (κ3) is 2.12. The molecule has 3 heterocycles. The van der Waals surface area contributed by atoms with E-state index in [1.54, 1.807) is 7.11 Å².